The predicted molar refractivity (Wildman–Crippen MR) is 272 cm³/mol. The zero-order chi connectivity index (χ0) is 50.7. The molecule has 72 heavy (non-hydrogen) atoms. The van der Waals surface area contributed by atoms with Crippen LogP contribution in [0.4, 0.5) is 20.2 Å². The number of halogens is 2. The lowest BCUT2D eigenvalue weighted by molar-refractivity contribution is -0.136. The smallest absolute Gasteiger partial charge is 0.257 e. The number of likely N-dealkylation sites (tertiary alicyclic amines) is 2. The second-order valence-corrected chi connectivity index (χ2v) is 21.3. The van der Waals surface area contributed by atoms with E-state index in [0.29, 0.717) is 57.4 Å². The van der Waals surface area contributed by atoms with Crippen molar-refractivity contribution in [3.63, 3.8) is 0 Å². The van der Waals surface area contributed by atoms with Crippen LogP contribution in [0.3, 0.4) is 0 Å². The van der Waals surface area contributed by atoms with Crippen LogP contribution in [0.1, 0.15) is 111 Å². The summed E-state index contributed by atoms with van der Waals surface area (Å²) >= 11 is 0. The van der Waals surface area contributed by atoms with Crippen LogP contribution in [0, 0.1) is 17.6 Å². The Morgan fingerprint density at radius 1 is 0.889 bits per heavy atom. The summed E-state index contributed by atoms with van der Waals surface area (Å²) in [5, 5.41) is 6.26. The Kier molecular flexibility index (Phi) is 13.4. The number of rotatable bonds is 11. The van der Waals surface area contributed by atoms with Gasteiger partial charge in [0.05, 0.1) is 11.1 Å². The number of aryl methyl sites for hydroxylation is 1. The highest BCUT2D eigenvalue weighted by atomic mass is 19.1. The summed E-state index contributed by atoms with van der Waals surface area (Å²) in [6.45, 7) is 14.9. The van der Waals surface area contributed by atoms with Gasteiger partial charge in [-0.05, 0) is 132 Å². The summed E-state index contributed by atoms with van der Waals surface area (Å²) in [5.74, 6) is -2.44. The fourth-order valence-corrected chi connectivity index (χ4v) is 12.3. The first-order valence-corrected chi connectivity index (χ1v) is 25.6. The molecule has 4 amide bonds. The first kappa shape index (κ1) is 49.3. The fraction of sp³-hybridized carbons (Fsp3) is 0.491. The minimum atomic E-state index is -0.797. The van der Waals surface area contributed by atoms with Crippen molar-refractivity contribution in [2.24, 2.45) is 13.0 Å². The lowest BCUT2D eigenvalue weighted by Gasteiger charge is -2.42. The van der Waals surface area contributed by atoms with Gasteiger partial charge < -0.3 is 14.8 Å². The maximum Gasteiger partial charge on any atom is 0.257 e. The van der Waals surface area contributed by atoms with Gasteiger partial charge in [-0.3, -0.25) is 53.5 Å². The maximum atomic E-state index is 16.0. The van der Waals surface area contributed by atoms with E-state index in [-0.39, 0.29) is 52.8 Å². The third-order valence-corrected chi connectivity index (χ3v) is 16.6. The number of nitrogens with one attached hydrogen (secondary N) is 2. The van der Waals surface area contributed by atoms with Gasteiger partial charge in [0.25, 0.3) is 11.5 Å². The molecule has 0 unspecified atom stereocenters. The third-order valence-electron chi connectivity index (χ3n) is 16.6. The summed E-state index contributed by atoms with van der Waals surface area (Å²) in [5.41, 5.74) is 5.18. The largest absolute Gasteiger partial charge is 0.388 e. The quantitative estimate of drug-likeness (QED) is 0.141. The van der Waals surface area contributed by atoms with Crippen LogP contribution < -0.4 is 21.1 Å². The third kappa shape index (κ3) is 9.12. The lowest BCUT2D eigenvalue weighted by atomic mass is 9.85. The molecule has 0 spiro atoms. The highest BCUT2D eigenvalue weighted by Gasteiger charge is 2.49. The SMILES string of the molecule is CNc1ccn(-c2ccnc3c2cc([C@H](C)N2CCC(c4c(F)cc(C(=O)N5CCC(CN6CCN(Cc7ccc8c(c7)C(C)(C)C(=O)N8[C@@H]7CCC(=O)NC7=O)C[C@@H]6C)CC5)cc4F)CC2)n3C)c(=O)c1. The number of hydrogen-bond acceptors (Lipinski definition) is 10. The number of pyridine rings is 2. The molecule has 0 saturated carbocycles. The van der Waals surface area contributed by atoms with Crippen molar-refractivity contribution in [1.29, 1.82) is 0 Å². The van der Waals surface area contributed by atoms with E-state index in [0.717, 1.165) is 90.5 Å². The molecule has 3 atom stereocenters. The van der Waals surface area contributed by atoms with E-state index in [1.54, 1.807) is 39.9 Å². The molecule has 3 aromatic heterocycles. The van der Waals surface area contributed by atoms with E-state index in [1.807, 2.05) is 45.2 Å². The molecule has 5 aliphatic rings. The minimum absolute atomic E-state index is 0.0190. The van der Waals surface area contributed by atoms with Crippen LogP contribution in [0.2, 0.25) is 0 Å². The van der Waals surface area contributed by atoms with Gasteiger partial charge in [-0.1, -0.05) is 12.1 Å². The second kappa shape index (κ2) is 19.6. The van der Waals surface area contributed by atoms with Gasteiger partial charge in [0, 0.05) is 130 Å². The molecule has 0 bridgehead atoms. The number of benzene rings is 2. The van der Waals surface area contributed by atoms with Crippen LogP contribution in [0.5, 0.6) is 0 Å². The molecule has 8 heterocycles. The number of amides is 4. The summed E-state index contributed by atoms with van der Waals surface area (Å²) in [7, 11) is 3.75. The van der Waals surface area contributed by atoms with Gasteiger partial charge in [0.1, 0.15) is 23.3 Å². The summed E-state index contributed by atoms with van der Waals surface area (Å²) < 4.78 is 35.6. The van der Waals surface area contributed by atoms with Crippen LogP contribution in [0.25, 0.3) is 16.7 Å². The number of anilines is 2. The van der Waals surface area contributed by atoms with Crippen molar-refractivity contribution in [2.45, 2.75) is 102 Å². The van der Waals surface area contributed by atoms with Crippen LogP contribution in [0.15, 0.2) is 71.8 Å². The number of carbonyl (C=O) groups excluding carboxylic acids is 4. The van der Waals surface area contributed by atoms with Crippen molar-refractivity contribution in [3.05, 3.63) is 117 Å². The van der Waals surface area contributed by atoms with E-state index in [9.17, 15) is 24.0 Å². The molecule has 17 heteroatoms. The summed E-state index contributed by atoms with van der Waals surface area (Å²) in [6.07, 6.45) is 6.76. The van der Waals surface area contributed by atoms with Gasteiger partial charge in [0.2, 0.25) is 17.7 Å². The van der Waals surface area contributed by atoms with E-state index >= 15 is 8.78 Å². The number of piperidine rings is 3. The van der Waals surface area contributed by atoms with Crippen LogP contribution in [-0.2, 0) is 33.4 Å². The van der Waals surface area contributed by atoms with E-state index in [2.05, 4.69) is 60.9 Å². The average molecular weight is 985 g/mol. The first-order chi connectivity index (χ1) is 34.5. The molecule has 5 aliphatic heterocycles. The molecular formula is C55H66F2N10O5. The van der Waals surface area contributed by atoms with Crippen LogP contribution in [-0.4, -0.2) is 129 Å². The highest BCUT2D eigenvalue weighted by Crippen LogP contribution is 2.44. The Morgan fingerprint density at radius 3 is 2.31 bits per heavy atom. The number of aromatic nitrogens is 3. The molecule has 0 aliphatic carbocycles. The Bertz CT molecular complexity index is 2980. The average Bonchev–Trinajstić information content (AvgIpc) is 3.80. The molecule has 4 fully saturated rings. The maximum absolute atomic E-state index is 16.0. The lowest BCUT2D eigenvalue weighted by Crippen LogP contribution is -2.55. The Labute approximate surface area is 419 Å². The summed E-state index contributed by atoms with van der Waals surface area (Å²) in [6, 6.07) is 15.5. The Hall–Kier alpha value is -6.30. The summed E-state index contributed by atoms with van der Waals surface area (Å²) in [4.78, 5) is 80.3. The molecule has 4 saturated heterocycles. The standard InChI is InChI=1S/C55H66F2N10O5/c1-33-30-62(31-36-7-8-45-41(25-36)55(3,4)54(72)67(45)46-9-10-48(68)60-52(46)70)23-24-65(33)32-35-12-18-64(19-13-35)53(71)38-26-42(56)50(43(57)27-38)37-14-20-63(21-15-37)34(2)47-29-40-44(11-17-59-51(40)61(47)6)66-22-16-39(58-5)28-49(66)69/h7-8,11,16-17,22,25-29,33-35,37,46,58H,9-10,12-15,18-21,23-24,30-32H2,1-6H3,(H,60,68,70)/t33-,34-,46+/m0/s1. The van der Waals surface area contributed by atoms with Crippen molar-refractivity contribution < 1.29 is 28.0 Å². The number of hydrogen-bond donors (Lipinski definition) is 2. The molecule has 10 rings (SSSR count). The predicted octanol–water partition coefficient (Wildman–Crippen LogP) is 6.47. The highest BCUT2D eigenvalue weighted by molar-refractivity contribution is 6.13. The number of nitrogens with zero attached hydrogens (tertiary/aromatic N) is 8. The van der Waals surface area contributed by atoms with Crippen molar-refractivity contribution in [3.8, 4) is 5.69 Å². The van der Waals surface area contributed by atoms with Gasteiger partial charge in [-0.25, -0.2) is 13.8 Å². The molecule has 2 N–H and O–H groups in total. The van der Waals surface area contributed by atoms with Crippen LogP contribution >= 0.6 is 0 Å². The molecule has 5 aromatic rings. The van der Waals surface area contributed by atoms with Crippen molar-refractivity contribution in [2.75, 3.05) is 69.6 Å². The molecule has 2 aromatic carbocycles. The van der Waals surface area contributed by atoms with E-state index < -0.39 is 29.0 Å². The van der Waals surface area contributed by atoms with Gasteiger partial charge >= 0.3 is 0 Å². The second-order valence-electron chi connectivity index (χ2n) is 21.3. The van der Waals surface area contributed by atoms with E-state index in [4.69, 9.17) is 0 Å². The monoisotopic (exact) mass is 985 g/mol. The van der Waals surface area contributed by atoms with Crippen molar-refractivity contribution >= 4 is 46.0 Å². The van der Waals surface area contributed by atoms with Gasteiger partial charge in [-0.15, -0.1) is 0 Å². The molecule has 380 valence electrons. The van der Waals surface area contributed by atoms with Gasteiger partial charge in [0.15, 0.2) is 0 Å². The molecule has 0 radical (unpaired) electrons. The zero-order valence-electron chi connectivity index (χ0n) is 42.2. The Morgan fingerprint density at radius 2 is 1.62 bits per heavy atom. The van der Waals surface area contributed by atoms with Gasteiger partial charge in [-0.2, -0.15) is 0 Å². The number of carbonyl (C=O) groups is 4. The Balaban J connectivity index is 0.703. The fourth-order valence-electron chi connectivity index (χ4n) is 12.3. The normalized spacial score (nSPS) is 22.1. The number of piperazine rings is 1. The zero-order valence-corrected chi connectivity index (χ0v) is 42.2. The van der Waals surface area contributed by atoms with E-state index in [1.165, 1.54) is 12.1 Å². The minimum Gasteiger partial charge on any atom is -0.388 e. The molecular weight excluding hydrogens is 919 g/mol. The van der Waals surface area contributed by atoms with Crippen molar-refractivity contribution in [1.82, 2.24) is 39.0 Å². The number of imide groups is 1. The topological polar surface area (TPSA) is 148 Å². The number of fused-ring (bicyclic) bond motifs is 2. The molecule has 15 nitrogen and oxygen atoms in total. The first-order valence-electron chi connectivity index (χ1n) is 25.6.